The van der Waals surface area contributed by atoms with E-state index in [-0.39, 0.29) is 67.0 Å². The van der Waals surface area contributed by atoms with Gasteiger partial charge in [-0.15, -0.1) is 0 Å². The molecule has 0 saturated carbocycles. The van der Waals surface area contributed by atoms with Crippen LogP contribution in [-0.4, -0.2) is 86.6 Å². The van der Waals surface area contributed by atoms with E-state index in [2.05, 4.69) is 36.9 Å². The first-order chi connectivity index (χ1) is 21.7. The molecule has 0 radical (unpaired) electrons. The van der Waals surface area contributed by atoms with Crippen molar-refractivity contribution in [2.24, 2.45) is 17.8 Å². The van der Waals surface area contributed by atoms with Crippen LogP contribution < -0.4 is 36.9 Å². The third-order valence-corrected chi connectivity index (χ3v) is 7.77. The number of aromatic nitrogens is 1. The second kappa shape index (κ2) is 21.3. The summed E-state index contributed by atoms with van der Waals surface area (Å²) in [6, 6.07) is -0.183. The van der Waals surface area contributed by atoms with Gasteiger partial charge in [0.15, 0.2) is 12.4 Å². The average Bonchev–Trinajstić information content (AvgIpc) is 3.02. The van der Waals surface area contributed by atoms with Crippen molar-refractivity contribution in [3.63, 3.8) is 0 Å². The lowest BCUT2D eigenvalue weighted by Crippen LogP contribution is -2.58. The first-order valence-corrected chi connectivity index (χ1v) is 16.4. The number of amides is 5. The molecule has 0 saturated heterocycles. The summed E-state index contributed by atoms with van der Waals surface area (Å²) in [5.74, 6) is -1.86. The number of likely N-dealkylation sites (N-methyl/N-ethyl adjacent to an activating group) is 1. The molecule has 0 spiro atoms. The van der Waals surface area contributed by atoms with Crippen LogP contribution in [-0.2, 0) is 23.9 Å². The van der Waals surface area contributed by atoms with Crippen LogP contribution in [0.2, 0.25) is 0 Å². The highest BCUT2D eigenvalue weighted by molar-refractivity contribution is 5.98. The minimum Gasteiger partial charge on any atom is -0.385 e. The van der Waals surface area contributed by atoms with Crippen molar-refractivity contribution in [2.45, 2.75) is 105 Å². The number of carbonyl (C=O) groups is 5. The number of nitrogens with one attached hydrogen (secondary N) is 7. The average molecular weight is 649 g/mol. The van der Waals surface area contributed by atoms with E-state index in [0.29, 0.717) is 24.9 Å². The third-order valence-electron chi connectivity index (χ3n) is 7.77. The molecule has 13 nitrogen and oxygen atoms in total. The second-order valence-electron chi connectivity index (χ2n) is 12.6. The number of pyridine rings is 1. The second-order valence-corrected chi connectivity index (χ2v) is 12.6. The lowest BCUT2D eigenvalue weighted by atomic mass is 9.97. The van der Waals surface area contributed by atoms with E-state index in [4.69, 9.17) is 4.74 Å². The molecule has 0 aliphatic rings. The molecular formula is C33H58N7O6+. The maximum Gasteiger partial charge on any atom is 0.252 e. The quantitative estimate of drug-likeness (QED) is 0.115. The number of aromatic amines is 1. The topological polar surface area (TPSA) is 181 Å². The zero-order valence-corrected chi connectivity index (χ0v) is 29.1. The number of H-pyrrole nitrogens is 1. The first kappa shape index (κ1) is 40.4. The lowest BCUT2D eigenvalue weighted by molar-refractivity contribution is -0.378. The van der Waals surface area contributed by atoms with Gasteiger partial charge in [-0.25, -0.2) is 4.98 Å². The van der Waals surface area contributed by atoms with Gasteiger partial charge in [-0.1, -0.05) is 48.0 Å². The van der Waals surface area contributed by atoms with Crippen molar-refractivity contribution in [1.82, 2.24) is 31.9 Å². The Hall–Kier alpha value is -3.58. The van der Waals surface area contributed by atoms with Crippen molar-refractivity contribution >= 4 is 29.5 Å². The van der Waals surface area contributed by atoms with Gasteiger partial charge in [0, 0.05) is 45.0 Å². The van der Waals surface area contributed by atoms with Crippen LogP contribution in [0.4, 0.5) is 0 Å². The Labute approximate surface area is 274 Å². The van der Waals surface area contributed by atoms with Crippen molar-refractivity contribution in [3.05, 3.63) is 30.1 Å². The van der Waals surface area contributed by atoms with Crippen LogP contribution in [0.1, 0.15) is 85.0 Å². The molecule has 0 bridgehead atoms. The van der Waals surface area contributed by atoms with E-state index in [9.17, 15) is 24.0 Å². The Kier molecular flexibility index (Phi) is 18.7. The van der Waals surface area contributed by atoms with E-state index < -0.39 is 30.1 Å². The largest absolute Gasteiger partial charge is 0.385 e. The molecular weight excluding hydrogens is 590 g/mol. The van der Waals surface area contributed by atoms with Gasteiger partial charge in [-0.05, 0) is 44.4 Å². The Bertz CT molecular complexity index is 1100. The smallest absolute Gasteiger partial charge is 0.252 e. The van der Waals surface area contributed by atoms with Gasteiger partial charge in [0.05, 0.1) is 11.6 Å². The number of hydrogen-bond donors (Lipinski definition) is 6. The van der Waals surface area contributed by atoms with Gasteiger partial charge < -0.3 is 36.6 Å². The number of ether oxygens (including phenoxy) is 1. The van der Waals surface area contributed by atoms with Crippen LogP contribution in [0.25, 0.3) is 0 Å². The zero-order chi connectivity index (χ0) is 34.8. The van der Waals surface area contributed by atoms with E-state index in [1.54, 1.807) is 31.5 Å². The molecule has 0 aliphatic carbocycles. The van der Waals surface area contributed by atoms with Gasteiger partial charge >= 0.3 is 0 Å². The summed E-state index contributed by atoms with van der Waals surface area (Å²) in [6.45, 7) is 16.1. The summed E-state index contributed by atoms with van der Waals surface area (Å²) >= 11 is 0. The Morgan fingerprint density at radius 1 is 0.804 bits per heavy atom. The molecule has 0 aliphatic heterocycles. The molecule has 1 rings (SSSR count). The zero-order valence-electron chi connectivity index (χ0n) is 29.1. The van der Waals surface area contributed by atoms with Crippen molar-refractivity contribution in [2.75, 3.05) is 26.8 Å². The fourth-order valence-electron chi connectivity index (χ4n) is 4.80. The predicted octanol–water partition coefficient (Wildman–Crippen LogP) is 0.952. The van der Waals surface area contributed by atoms with Crippen LogP contribution in [0.3, 0.4) is 0 Å². The fourth-order valence-corrected chi connectivity index (χ4v) is 4.80. The molecule has 1 heterocycles. The van der Waals surface area contributed by atoms with Gasteiger partial charge in [-0.3, -0.25) is 24.0 Å². The number of carbonyl (C=O) groups excluding carboxylic acids is 5. The summed E-state index contributed by atoms with van der Waals surface area (Å²) < 4.78 is 5.22. The van der Waals surface area contributed by atoms with Crippen LogP contribution >= 0.6 is 0 Å². The van der Waals surface area contributed by atoms with Gasteiger partial charge in [0.2, 0.25) is 23.6 Å². The summed E-state index contributed by atoms with van der Waals surface area (Å²) in [5, 5.41) is 17.5. The first-order valence-electron chi connectivity index (χ1n) is 16.4. The van der Waals surface area contributed by atoms with Crippen molar-refractivity contribution in [3.8, 4) is 0 Å². The molecule has 0 aromatic carbocycles. The van der Waals surface area contributed by atoms with E-state index in [1.807, 2.05) is 48.5 Å². The molecule has 0 fully saturated rings. The van der Waals surface area contributed by atoms with Crippen LogP contribution in [0, 0.1) is 17.8 Å². The Balaban J connectivity index is 3.00. The summed E-state index contributed by atoms with van der Waals surface area (Å²) in [6.07, 6.45) is 4.72. The minimum atomic E-state index is -0.915. The normalized spacial score (nSPS) is 15.2. The van der Waals surface area contributed by atoms with Gasteiger partial charge in [-0.2, -0.15) is 0 Å². The summed E-state index contributed by atoms with van der Waals surface area (Å²) in [7, 11) is 1.52. The maximum absolute atomic E-state index is 13.6. The molecule has 5 amide bonds. The van der Waals surface area contributed by atoms with Gasteiger partial charge in [0.25, 0.3) is 5.91 Å². The minimum absolute atomic E-state index is 0.0971. The molecule has 46 heavy (non-hydrogen) atoms. The molecule has 1 aromatic heterocycles. The predicted molar refractivity (Wildman–Crippen MR) is 176 cm³/mol. The highest BCUT2D eigenvalue weighted by Crippen LogP contribution is 2.11. The Morgan fingerprint density at radius 2 is 1.46 bits per heavy atom. The van der Waals surface area contributed by atoms with E-state index in [1.165, 1.54) is 7.11 Å². The fraction of sp³-hybridized carbons (Fsp3) is 0.697. The molecule has 7 N–H and O–H groups in total. The molecule has 13 heteroatoms. The highest BCUT2D eigenvalue weighted by atomic mass is 16.5. The van der Waals surface area contributed by atoms with Crippen molar-refractivity contribution in [1.29, 1.82) is 0 Å². The number of rotatable bonds is 21. The van der Waals surface area contributed by atoms with Crippen LogP contribution in [0.5, 0.6) is 0 Å². The van der Waals surface area contributed by atoms with Crippen molar-refractivity contribution < 1.29 is 33.7 Å². The summed E-state index contributed by atoms with van der Waals surface area (Å²) in [4.78, 5) is 68.3. The molecule has 4 unspecified atom stereocenters. The van der Waals surface area contributed by atoms with Crippen LogP contribution in [0.15, 0.2) is 24.5 Å². The molecule has 260 valence electrons. The van der Waals surface area contributed by atoms with E-state index in [0.717, 1.165) is 0 Å². The molecule has 6 atom stereocenters. The standard InChI is InChI=1S/C33H57N7O6/c1-10-22(7)28(40-30(42)24-12-15-34-16-13-24)33(45)38-26(14-17-46-9)31(43)37-25(18-20(3)4)19-36-23(8)29(41)39-27(21(5)6)32(44)35-11-2/h12-13,15-16,20-23,25-28,36H,10-11,14,17-19H2,1-9H3,(H,35,44)(H,37,43)(H,38,45)(H,39,41)(H,40,42)/p+1/t22?,23-,25?,26-,27?,28?/m0/s1. The lowest BCUT2D eigenvalue weighted by Gasteiger charge is -2.29. The van der Waals surface area contributed by atoms with Gasteiger partial charge in [0.1, 0.15) is 18.1 Å². The maximum atomic E-state index is 13.6. The highest BCUT2D eigenvalue weighted by Gasteiger charge is 2.31. The SMILES string of the molecule is CCNC(=O)C(NC(=O)[C@H](C)NCC(CC(C)C)NC(=O)[C@H](CCOC)NC(=O)C(NC(=O)c1cc[nH+]cc1)C(C)CC)C(C)C. The Morgan fingerprint density at radius 3 is 2.00 bits per heavy atom. The number of methoxy groups -OCH3 is 1. The van der Waals surface area contributed by atoms with E-state index >= 15 is 0 Å². The summed E-state index contributed by atoms with van der Waals surface area (Å²) in [5.41, 5.74) is 0.407. The molecule has 1 aromatic rings. The number of hydrogen-bond acceptors (Lipinski definition) is 7. The third kappa shape index (κ3) is 14.2. The monoisotopic (exact) mass is 648 g/mol.